The van der Waals surface area contributed by atoms with E-state index in [1.165, 1.54) is 32.1 Å². The lowest BCUT2D eigenvalue weighted by Gasteiger charge is -2.25. The molecule has 15 heavy (non-hydrogen) atoms. The molecule has 0 heterocycles. The average molecular weight is 230 g/mol. The Morgan fingerprint density at radius 3 is 2.60 bits per heavy atom. The highest BCUT2D eigenvalue weighted by atomic mass is 35.5. The van der Waals surface area contributed by atoms with Crippen LogP contribution in [0.1, 0.15) is 44.9 Å². The third kappa shape index (κ3) is 3.10. The lowest BCUT2D eigenvalue weighted by molar-refractivity contribution is -0.122. The van der Waals surface area contributed by atoms with Crippen LogP contribution in [0, 0.1) is 11.3 Å². The summed E-state index contributed by atoms with van der Waals surface area (Å²) in [5.41, 5.74) is 0.372. The molecule has 0 aromatic heterocycles. The van der Waals surface area contributed by atoms with Crippen molar-refractivity contribution in [3.63, 3.8) is 0 Å². The molecule has 0 atom stereocenters. The van der Waals surface area contributed by atoms with E-state index in [0.29, 0.717) is 11.3 Å². The predicted molar refractivity (Wildman–Crippen MR) is 62.0 cm³/mol. The molecule has 0 aromatic rings. The molecule has 0 saturated heterocycles. The summed E-state index contributed by atoms with van der Waals surface area (Å²) in [5.74, 6) is 1.65. The number of hydrogen-bond donors (Lipinski definition) is 1. The number of amides is 1. The van der Waals surface area contributed by atoms with Gasteiger partial charge in [0.15, 0.2) is 0 Å². The van der Waals surface area contributed by atoms with Crippen LogP contribution in [0.25, 0.3) is 0 Å². The van der Waals surface area contributed by atoms with Gasteiger partial charge in [0.1, 0.15) is 0 Å². The van der Waals surface area contributed by atoms with Crippen molar-refractivity contribution >= 4 is 17.5 Å². The fourth-order valence-corrected chi connectivity index (χ4v) is 2.61. The Morgan fingerprint density at radius 1 is 1.40 bits per heavy atom. The first-order valence-electron chi connectivity index (χ1n) is 6.07. The fraction of sp³-hybridized carbons (Fsp3) is 0.917. The zero-order valence-corrected chi connectivity index (χ0v) is 9.98. The van der Waals surface area contributed by atoms with Gasteiger partial charge in [0, 0.05) is 18.8 Å². The van der Waals surface area contributed by atoms with Gasteiger partial charge in [-0.3, -0.25) is 4.79 Å². The van der Waals surface area contributed by atoms with E-state index in [4.69, 9.17) is 11.6 Å². The number of hydrogen-bond acceptors (Lipinski definition) is 1. The van der Waals surface area contributed by atoms with Crippen LogP contribution in [-0.4, -0.2) is 18.3 Å². The smallest absolute Gasteiger partial charge is 0.220 e. The number of nitrogens with one attached hydrogen (secondary N) is 1. The van der Waals surface area contributed by atoms with E-state index in [1.807, 2.05) is 0 Å². The Hall–Kier alpha value is -0.240. The molecule has 2 nitrogen and oxygen atoms in total. The summed E-state index contributed by atoms with van der Waals surface area (Å²) in [7, 11) is 0. The maximum atomic E-state index is 11.6. The van der Waals surface area contributed by atoms with Gasteiger partial charge >= 0.3 is 0 Å². The van der Waals surface area contributed by atoms with Gasteiger partial charge in [-0.1, -0.05) is 6.42 Å². The van der Waals surface area contributed by atoms with Crippen molar-refractivity contribution in [2.75, 3.05) is 12.4 Å². The second-order valence-electron chi connectivity index (χ2n) is 5.22. The summed E-state index contributed by atoms with van der Waals surface area (Å²) >= 11 is 5.74. The summed E-state index contributed by atoms with van der Waals surface area (Å²) in [5, 5.41) is 3.07. The van der Waals surface area contributed by atoms with Crippen LogP contribution in [0.3, 0.4) is 0 Å². The number of carbonyl (C=O) groups is 1. The highest BCUT2D eigenvalue weighted by molar-refractivity contribution is 6.17. The zero-order chi connectivity index (χ0) is 10.7. The second-order valence-corrected chi connectivity index (χ2v) is 5.59. The van der Waals surface area contributed by atoms with Crippen molar-refractivity contribution in [1.29, 1.82) is 0 Å². The highest BCUT2D eigenvalue weighted by Crippen LogP contribution is 2.48. The molecule has 0 unspecified atom stereocenters. The topological polar surface area (TPSA) is 29.1 Å². The SMILES string of the molecule is O=C(CC1CCC1)NCC1(CCCl)CC1. The first-order chi connectivity index (χ1) is 7.24. The van der Waals surface area contributed by atoms with Crippen LogP contribution >= 0.6 is 11.6 Å². The van der Waals surface area contributed by atoms with Crippen LogP contribution in [0.5, 0.6) is 0 Å². The number of carbonyl (C=O) groups excluding carboxylic acids is 1. The van der Waals surface area contributed by atoms with Gasteiger partial charge in [-0.2, -0.15) is 0 Å². The molecule has 2 aliphatic rings. The number of alkyl halides is 1. The van der Waals surface area contributed by atoms with E-state index in [2.05, 4.69) is 5.32 Å². The van der Waals surface area contributed by atoms with Crippen LogP contribution in [0.2, 0.25) is 0 Å². The summed E-state index contributed by atoms with van der Waals surface area (Å²) in [6, 6.07) is 0. The molecule has 1 N–H and O–H groups in total. The van der Waals surface area contributed by atoms with Crippen molar-refractivity contribution in [3.05, 3.63) is 0 Å². The molecule has 0 aromatic carbocycles. The van der Waals surface area contributed by atoms with Gasteiger partial charge in [-0.25, -0.2) is 0 Å². The molecular weight excluding hydrogens is 210 g/mol. The maximum absolute atomic E-state index is 11.6. The predicted octanol–water partition coefficient (Wildman–Crippen LogP) is 2.70. The Balaban J connectivity index is 1.62. The third-order valence-corrected chi connectivity index (χ3v) is 4.13. The first-order valence-corrected chi connectivity index (χ1v) is 6.60. The Labute approximate surface area is 96.8 Å². The van der Waals surface area contributed by atoms with E-state index in [9.17, 15) is 4.79 Å². The molecule has 2 fully saturated rings. The van der Waals surface area contributed by atoms with E-state index < -0.39 is 0 Å². The lowest BCUT2D eigenvalue weighted by Crippen LogP contribution is -2.32. The van der Waals surface area contributed by atoms with Gasteiger partial charge in [0.25, 0.3) is 0 Å². The second kappa shape index (κ2) is 4.73. The molecule has 2 aliphatic carbocycles. The van der Waals surface area contributed by atoms with E-state index in [1.54, 1.807) is 0 Å². The van der Waals surface area contributed by atoms with Gasteiger partial charge in [-0.15, -0.1) is 11.6 Å². The molecule has 2 saturated carbocycles. The molecule has 2 rings (SSSR count). The molecule has 1 amide bonds. The molecule has 0 bridgehead atoms. The molecule has 0 spiro atoms. The minimum atomic E-state index is 0.251. The third-order valence-electron chi connectivity index (χ3n) is 3.94. The summed E-state index contributed by atoms with van der Waals surface area (Å²) in [4.78, 5) is 11.6. The van der Waals surface area contributed by atoms with E-state index >= 15 is 0 Å². The quantitative estimate of drug-likeness (QED) is 0.698. The van der Waals surface area contributed by atoms with E-state index in [-0.39, 0.29) is 5.91 Å². The van der Waals surface area contributed by atoms with Crippen LogP contribution < -0.4 is 5.32 Å². The normalized spacial score (nSPS) is 23.3. The number of halogens is 1. The van der Waals surface area contributed by atoms with Crippen molar-refractivity contribution < 1.29 is 4.79 Å². The van der Waals surface area contributed by atoms with Crippen LogP contribution in [0.4, 0.5) is 0 Å². The summed E-state index contributed by atoms with van der Waals surface area (Å²) in [6.45, 7) is 0.852. The average Bonchev–Trinajstić information content (AvgIpc) is 2.90. The van der Waals surface area contributed by atoms with Crippen molar-refractivity contribution in [3.8, 4) is 0 Å². The van der Waals surface area contributed by atoms with Gasteiger partial charge in [0.2, 0.25) is 5.91 Å². The maximum Gasteiger partial charge on any atom is 0.220 e. The minimum absolute atomic E-state index is 0.251. The molecule has 86 valence electrons. The summed E-state index contributed by atoms with van der Waals surface area (Å²) in [6.07, 6.45) is 8.09. The number of rotatable bonds is 6. The lowest BCUT2D eigenvalue weighted by atomic mass is 9.83. The highest BCUT2D eigenvalue weighted by Gasteiger charge is 2.41. The standard InChI is InChI=1S/C12H20ClNO/c13-7-6-12(4-5-12)9-14-11(15)8-10-2-1-3-10/h10H,1-9H2,(H,14,15). The Bertz CT molecular complexity index is 234. The van der Waals surface area contributed by atoms with Crippen molar-refractivity contribution in [2.45, 2.75) is 44.9 Å². The molecular formula is C12H20ClNO. The van der Waals surface area contributed by atoms with Crippen molar-refractivity contribution in [1.82, 2.24) is 5.32 Å². The Kier molecular flexibility index (Phi) is 3.55. The van der Waals surface area contributed by atoms with Crippen LogP contribution in [-0.2, 0) is 4.79 Å². The van der Waals surface area contributed by atoms with E-state index in [0.717, 1.165) is 25.3 Å². The monoisotopic (exact) mass is 229 g/mol. The van der Waals surface area contributed by atoms with Crippen molar-refractivity contribution in [2.24, 2.45) is 11.3 Å². The Morgan fingerprint density at radius 2 is 2.13 bits per heavy atom. The zero-order valence-electron chi connectivity index (χ0n) is 9.23. The molecule has 0 aliphatic heterocycles. The largest absolute Gasteiger partial charge is 0.356 e. The molecule has 0 radical (unpaired) electrons. The van der Waals surface area contributed by atoms with Gasteiger partial charge in [0.05, 0.1) is 0 Å². The molecule has 3 heteroatoms. The summed E-state index contributed by atoms with van der Waals surface area (Å²) < 4.78 is 0. The first kappa shape index (κ1) is 11.3. The van der Waals surface area contributed by atoms with Crippen LogP contribution in [0.15, 0.2) is 0 Å². The minimum Gasteiger partial charge on any atom is -0.356 e. The van der Waals surface area contributed by atoms with Gasteiger partial charge in [-0.05, 0) is 43.4 Å². The van der Waals surface area contributed by atoms with Gasteiger partial charge < -0.3 is 5.32 Å². The fourth-order valence-electron chi connectivity index (χ4n) is 2.21.